The van der Waals surface area contributed by atoms with Crippen LogP contribution in [0.2, 0.25) is 0 Å². The molecule has 1 aromatic rings. The Bertz CT molecular complexity index is 362. The molecule has 76 valence electrons. The van der Waals surface area contributed by atoms with Crippen LogP contribution in [-0.4, -0.2) is 20.5 Å². The first-order valence-electron chi connectivity index (χ1n) is 3.83. The van der Waals surface area contributed by atoms with Crippen molar-refractivity contribution in [2.24, 2.45) is 0 Å². The number of aromatic hydroxyl groups is 1. The molecule has 5 heteroatoms. The maximum Gasteiger partial charge on any atom is 0.194 e. The van der Waals surface area contributed by atoms with E-state index in [0.717, 1.165) is 0 Å². The molecule has 0 fully saturated rings. The highest BCUT2D eigenvalue weighted by Gasteiger charge is 2.13. The Morgan fingerprint density at radius 3 is 2.86 bits per heavy atom. The fourth-order valence-corrected chi connectivity index (χ4v) is 1.49. The first-order chi connectivity index (χ1) is 6.66. The van der Waals surface area contributed by atoms with E-state index in [1.807, 2.05) is 0 Å². The third-order valence-corrected chi connectivity index (χ3v) is 2.25. The fourth-order valence-electron chi connectivity index (χ4n) is 0.942. The van der Waals surface area contributed by atoms with Crippen molar-refractivity contribution in [2.45, 2.75) is 4.90 Å². The quantitative estimate of drug-likeness (QED) is 0.589. The predicted octanol–water partition coefficient (Wildman–Crippen LogP) is 1.54. The number of phenolic OH excluding ortho intramolecular Hbond substituents is 1. The Kier molecular flexibility index (Phi) is 3.67. The van der Waals surface area contributed by atoms with E-state index in [0.29, 0.717) is 0 Å². The molecule has 4 nitrogen and oxygen atoms in total. The second-order valence-corrected chi connectivity index (χ2v) is 3.36. The van der Waals surface area contributed by atoms with E-state index in [1.54, 1.807) is 0 Å². The SMILES string of the molecule is C=CCOc1cccc(O)c1S(=O)O. The average molecular weight is 214 g/mol. The lowest BCUT2D eigenvalue weighted by Crippen LogP contribution is -1.99. The van der Waals surface area contributed by atoms with Crippen LogP contribution in [0.25, 0.3) is 0 Å². The summed E-state index contributed by atoms with van der Waals surface area (Å²) in [5.74, 6) is -0.0712. The van der Waals surface area contributed by atoms with Crippen molar-refractivity contribution in [2.75, 3.05) is 6.61 Å². The molecular weight excluding hydrogens is 204 g/mol. The summed E-state index contributed by atoms with van der Waals surface area (Å²) >= 11 is -2.26. The molecule has 2 N–H and O–H groups in total. The van der Waals surface area contributed by atoms with Crippen LogP contribution >= 0.6 is 0 Å². The lowest BCUT2D eigenvalue weighted by molar-refractivity contribution is 0.345. The van der Waals surface area contributed by atoms with Gasteiger partial charge in [0.05, 0.1) is 0 Å². The van der Waals surface area contributed by atoms with Crippen molar-refractivity contribution < 1.29 is 18.6 Å². The van der Waals surface area contributed by atoms with Gasteiger partial charge in [-0.3, -0.25) is 0 Å². The van der Waals surface area contributed by atoms with Crippen LogP contribution in [0.5, 0.6) is 11.5 Å². The minimum Gasteiger partial charge on any atom is -0.506 e. The zero-order valence-electron chi connectivity index (χ0n) is 7.34. The van der Waals surface area contributed by atoms with E-state index in [-0.39, 0.29) is 23.0 Å². The number of ether oxygens (including phenoxy) is 1. The van der Waals surface area contributed by atoms with Crippen molar-refractivity contribution >= 4 is 11.1 Å². The molecule has 1 atom stereocenters. The molecule has 0 bridgehead atoms. The lowest BCUT2D eigenvalue weighted by atomic mass is 10.3. The maximum absolute atomic E-state index is 10.9. The molecule has 14 heavy (non-hydrogen) atoms. The van der Waals surface area contributed by atoms with E-state index in [1.165, 1.54) is 24.3 Å². The zero-order chi connectivity index (χ0) is 10.6. The Morgan fingerprint density at radius 1 is 1.57 bits per heavy atom. The van der Waals surface area contributed by atoms with Crippen LogP contribution in [0.1, 0.15) is 0 Å². The largest absolute Gasteiger partial charge is 0.506 e. The van der Waals surface area contributed by atoms with Gasteiger partial charge in [0.2, 0.25) is 0 Å². The van der Waals surface area contributed by atoms with Gasteiger partial charge in [0, 0.05) is 0 Å². The molecule has 1 rings (SSSR count). The normalized spacial score (nSPS) is 12.1. The van der Waals surface area contributed by atoms with E-state index < -0.39 is 11.1 Å². The van der Waals surface area contributed by atoms with Gasteiger partial charge in [-0.15, -0.1) is 0 Å². The second-order valence-electron chi connectivity index (χ2n) is 2.45. The highest BCUT2D eigenvalue weighted by Crippen LogP contribution is 2.30. The Morgan fingerprint density at radius 2 is 2.29 bits per heavy atom. The predicted molar refractivity (Wildman–Crippen MR) is 52.8 cm³/mol. The molecule has 0 aliphatic heterocycles. The Hall–Kier alpha value is -1.33. The summed E-state index contributed by atoms with van der Waals surface area (Å²) in [4.78, 5) is -0.116. The number of phenols is 1. The van der Waals surface area contributed by atoms with Gasteiger partial charge in [-0.25, -0.2) is 4.21 Å². The Labute approximate surface area is 84.1 Å². The van der Waals surface area contributed by atoms with Crippen LogP contribution in [0.3, 0.4) is 0 Å². The average Bonchev–Trinajstić information content (AvgIpc) is 2.14. The maximum atomic E-state index is 10.9. The zero-order valence-corrected chi connectivity index (χ0v) is 8.16. The molecule has 0 heterocycles. The minimum atomic E-state index is -2.26. The molecule has 0 amide bonds. The molecule has 0 saturated heterocycles. The van der Waals surface area contributed by atoms with Crippen molar-refractivity contribution in [1.82, 2.24) is 0 Å². The van der Waals surface area contributed by atoms with Crippen molar-refractivity contribution in [3.63, 3.8) is 0 Å². The topological polar surface area (TPSA) is 66.8 Å². The lowest BCUT2D eigenvalue weighted by Gasteiger charge is -2.08. The van der Waals surface area contributed by atoms with E-state index in [2.05, 4.69) is 6.58 Å². The van der Waals surface area contributed by atoms with Crippen LogP contribution in [0, 0.1) is 0 Å². The van der Waals surface area contributed by atoms with Gasteiger partial charge < -0.3 is 14.4 Å². The third kappa shape index (κ3) is 2.34. The number of rotatable bonds is 4. The number of hydrogen-bond donors (Lipinski definition) is 2. The van der Waals surface area contributed by atoms with Gasteiger partial charge in [-0.2, -0.15) is 0 Å². The van der Waals surface area contributed by atoms with Crippen LogP contribution in [-0.2, 0) is 11.1 Å². The summed E-state index contributed by atoms with van der Waals surface area (Å²) in [6, 6.07) is 4.36. The van der Waals surface area contributed by atoms with Crippen molar-refractivity contribution in [3.8, 4) is 11.5 Å². The van der Waals surface area contributed by atoms with Gasteiger partial charge >= 0.3 is 0 Å². The standard InChI is InChI=1S/C9H10O4S/c1-2-6-13-8-5-3-4-7(10)9(8)14(11)12/h2-5,10H,1,6H2,(H,11,12). The van der Waals surface area contributed by atoms with Gasteiger partial charge in [0.15, 0.2) is 11.1 Å². The van der Waals surface area contributed by atoms with Gasteiger partial charge in [0.1, 0.15) is 23.0 Å². The Balaban J connectivity index is 3.07. The van der Waals surface area contributed by atoms with Crippen molar-refractivity contribution in [1.29, 1.82) is 0 Å². The summed E-state index contributed by atoms with van der Waals surface area (Å²) in [7, 11) is 0. The highest BCUT2D eigenvalue weighted by molar-refractivity contribution is 7.79. The van der Waals surface area contributed by atoms with Crippen LogP contribution in [0.15, 0.2) is 35.7 Å². The monoisotopic (exact) mass is 214 g/mol. The molecule has 0 spiro atoms. The van der Waals surface area contributed by atoms with Crippen LogP contribution < -0.4 is 4.74 Å². The number of benzene rings is 1. The molecule has 0 aliphatic rings. The summed E-state index contributed by atoms with van der Waals surface area (Å²) in [5.41, 5.74) is 0. The molecule has 0 saturated carbocycles. The third-order valence-electron chi connectivity index (χ3n) is 1.49. The first kappa shape index (κ1) is 10.7. The van der Waals surface area contributed by atoms with E-state index >= 15 is 0 Å². The smallest absolute Gasteiger partial charge is 0.194 e. The van der Waals surface area contributed by atoms with Gasteiger partial charge in [-0.05, 0) is 12.1 Å². The molecule has 0 radical (unpaired) electrons. The van der Waals surface area contributed by atoms with Crippen molar-refractivity contribution in [3.05, 3.63) is 30.9 Å². The molecule has 1 unspecified atom stereocenters. The number of hydrogen-bond acceptors (Lipinski definition) is 3. The van der Waals surface area contributed by atoms with Crippen LogP contribution in [0.4, 0.5) is 0 Å². The van der Waals surface area contributed by atoms with Gasteiger partial charge in [-0.1, -0.05) is 18.7 Å². The summed E-state index contributed by atoms with van der Waals surface area (Å²) < 4.78 is 24.8. The fraction of sp³-hybridized carbons (Fsp3) is 0.111. The molecule has 0 aromatic heterocycles. The first-order valence-corrected chi connectivity index (χ1v) is 4.94. The highest BCUT2D eigenvalue weighted by atomic mass is 32.2. The molecular formula is C9H10O4S. The van der Waals surface area contributed by atoms with E-state index in [4.69, 9.17) is 9.29 Å². The molecule has 0 aliphatic carbocycles. The van der Waals surface area contributed by atoms with Gasteiger partial charge in [0.25, 0.3) is 0 Å². The second kappa shape index (κ2) is 4.78. The summed E-state index contributed by atoms with van der Waals surface area (Å²) in [6.07, 6.45) is 1.51. The van der Waals surface area contributed by atoms with E-state index in [9.17, 15) is 9.32 Å². The summed E-state index contributed by atoms with van der Waals surface area (Å²) in [5, 5.41) is 9.30. The minimum absolute atomic E-state index is 0.116. The molecule has 1 aromatic carbocycles. The summed E-state index contributed by atoms with van der Waals surface area (Å²) in [6.45, 7) is 3.66.